The maximum absolute atomic E-state index is 13.1. The van der Waals surface area contributed by atoms with Crippen molar-refractivity contribution in [3.05, 3.63) is 64.7 Å². The number of ether oxygens (including phenoxy) is 2. The summed E-state index contributed by atoms with van der Waals surface area (Å²) >= 11 is 0. The highest BCUT2D eigenvalue weighted by Gasteiger charge is 2.46. The standard InChI is InChI=1S/C26H32N2O5/c1-6-32-20-13-12-19(16-21(20)33-7-2)23-22(24(29)18-10-8-17(3)9-11-18)25(30)26(31)28(23)15-14-27(4)5/h8-13,16,23,29H,6-7,14-15H2,1-5H3/t23-/m1/s1. The van der Waals surface area contributed by atoms with Crippen molar-refractivity contribution >= 4 is 17.4 Å². The highest BCUT2D eigenvalue weighted by atomic mass is 16.5. The van der Waals surface area contributed by atoms with Crippen molar-refractivity contribution in [3.63, 3.8) is 0 Å². The van der Waals surface area contributed by atoms with Crippen molar-refractivity contribution < 1.29 is 24.2 Å². The maximum atomic E-state index is 13.1. The molecule has 1 N–H and O–H groups in total. The summed E-state index contributed by atoms with van der Waals surface area (Å²) in [5, 5.41) is 11.2. The average molecular weight is 453 g/mol. The zero-order chi connectivity index (χ0) is 24.1. The lowest BCUT2D eigenvalue weighted by atomic mass is 9.94. The molecule has 33 heavy (non-hydrogen) atoms. The fraction of sp³-hybridized carbons (Fsp3) is 0.385. The van der Waals surface area contributed by atoms with Gasteiger partial charge in [-0.1, -0.05) is 35.9 Å². The summed E-state index contributed by atoms with van der Waals surface area (Å²) in [4.78, 5) is 29.6. The second-order valence-corrected chi connectivity index (χ2v) is 8.23. The molecule has 1 aliphatic rings. The van der Waals surface area contributed by atoms with E-state index >= 15 is 0 Å². The molecule has 0 spiro atoms. The lowest BCUT2D eigenvalue weighted by Crippen LogP contribution is -2.35. The molecule has 1 heterocycles. The van der Waals surface area contributed by atoms with E-state index in [4.69, 9.17) is 9.47 Å². The lowest BCUT2D eigenvalue weighted by Gasteiger charge is -2.27. The number of rotatable bonds is 9. The van der Waals surface area contributed by atoms with Crippen LogP contribution in [0.2, 0.25) is 0 Å². The van der Waals surface area contributed by atoms with Crippen molar-refractivity contribution in [2.75, 3.05) is 40.4 Å². The van der Waals surface area contributed by atoms with E-state index in [1.165, 1.54) is 4.90 Å². The molecular formula is C26H32N2O5. The van der Waals surface area contributed by atoms with Crippen LogP contribution in [0.4, 0.5) is 0 Å². The van der Waals surface area contributed by atoms with E-state index in [9.17, 15) is 14.7 Å². The Labute approximate surface area is 195 Å². The van der Waals surface area contributed by atoms with E-state index in [2.05, 4.69) is 0 Å². The first-order valence-electron chi connectivity index (χ1n) is 11.2. The zero-order valence-corrected chi connectivity index (χ0v) is 19.9. The third kappa shape index (κ3) is 5.20. The molecule has 1 aliphatic heterocycles. The van der Waals surface area contributed by atoms with Crippen molar-refractivity contribution in [2.45, 2.75) is 26.8 Å². The van der Waals surface area contributed by atoms with Crippen LogP contribution in [0.25, 0.3) is 5.76 Å². The van der Waals surface area contributed by atoms with E-state index in [-0.39, 0.29) is 11.3 Å². The number of aliphatic hydroxyl groups is 1. The largest absolute Gasteiger partial charge is 0.507 e. The summed E-state index contributed by atoms with van der Waals surface area (Å²) in [6.45, 7) is 7.54. The van der Waals surface area contributed by atoms with Crippen LogP contribution >= 0.6 is 0 Å². The number of likely N-dealkylation sites (tertiary alicyclic amines) is 1. The van der Waals surface area contributed by atoms with Crippen LogP contribution in [0.5, 0.6) is 11.5 Å². The molecule has 176 valence electrons. The van der Waals surface area contributed by atoms with Crippen LogP contribution in [0.3, 0.4) is 0 Å². The molecular weight excluding hydrogens is 420 g/mol. The van der Waals surface area contributed by atoms with Crippen LogP contribution in [-0.2, 0) is 9.59 Å². The number of benzene rings is 2. The van der Waals surface area contributed by atoms with E-state index in [1.54, 1.807) is 24.3 Å². The average Bonchev–Trinajstić information content (AvgIpc) is 3.04. The van der Waals surface area contributed by atoms with Crippen LogP contribution in [0.1, 0.15) is 36.6 Å². The first-order chi connectivity index (χ1) is 15.8. The lowest BCUT2D eigenvalue weighted by molar-refractivity contribution is -0.140. The number of carbonyl (C=O) groups excluding carboxylic acids is 2. The first-order valence-corrected chi connectivity index (χ1v) is 11.2. The Morgan fingerprint density at radius 3 is 2.24 bits per heavy atom. The highest BCUT2D eigenvalue weighted by molar-refractivity contribution is 6.46. The molecule has 1 fully saturated rings. The number of nitrogens with zero attached hydrogens (tertiary/aromatic N) is 2. The Kier molecular flexibility index (Phi) is 7.76. The molecule has 0 unspecified atom stereocenters. The number of ketones is 1. The van der Waals surface area contributed by atoms with Gasteiger partial charge in [0, 0.05) is 18.7 Å². The van der Waals surface area contributed by atoms with Crippen molar-refractivity contribution in [1.29, 1.82) is 0 Å². The van der Waals surface area contributed by atoms with Crippen LogP contribution < -0.4 is 9.47 Å². The Morgan fingerprint density at radius 2 is 1.64 bits per heavy atom. The number of aryl methyl sites for hydroxylation is 1. The molecule has 7 nitrogen and oxygen atoms in total. The predicted molar refractivity (Wildman–Crippen MR) is 128 cm³/mol. The molecule has 0 bridgehead atoms. The minimum Gasteiger partial charge on any atom is -0.507 e. The summed E-state index contributed by atoms with van der Waals surface area (Å²) in [5.74, 6) is -0.374. The summed E-state index contributed by atoms with van der Waals surface area (Å²) in [5.41, 5.74) is 2.28. The van der Waals surface area contributed by atoms with E-state index < -0.39 is 17.7 Å². The summed E-state index contributed by atoms with van der Waals surface area (Å²) in [6.07, 6.45) is 0. The third-order valence-electron chi connectivity index (χ3n) is 5.54. The van der Waals surface area contributed by atoms with Gasteiger partial charge in [-0.05, 0) is 52.6 Å². The molecule has 0 radical (unpaired) electrons. The molecule has 1 saturated heterocycles. The fourth-order valence-electron chi connectivity index (χ4n) is 3.87. The van der Waals surface area contributed by atoms with Gasteiger partial charge in [-0.15, -0.1) is 0 Å². The third-order valence-corrected chi connectivity index (χ3v) is 5.54. The predicted octanol–water partition coefficient (Wildman–Crippen LogP) is 3.78. The highest BCUT2D eigenvalue weighted by Crippen LogP contribution is 2.42. The molecule has 2 aromatic rings. The van der Waals surface area contributed by atoms with Crippen LogP contribution in [-0.4, -0.2) is 67.0 Å². The topological polar surface area (TPSA) is 79.3 Å². The summed E-state index contributed by atoms with van der Waals surface area (Å²) in [6, 6.07) is 11.9. The number of amides is 1. The number of carbonyl (C=O) groups is 2. The van der Waals surface area contributed by atoms with Gasteiger partial charge >= 0.3 is 0 Å². The zero-order valence-electron chi connectivity index (χ0n) is 19.9. The number of hydrogen-bond donors (Lipinski definition) is 1. The normalized spacial score (nSPS) is 17.6. The van der Waals surface area contributed by atoms with Gasteiger partial charge in [0.05, 0.1) is 24.8 Å². The quantitative estimate of drug-likeness (QED) is 0.354. The van der Waals surface area contributed by atoms with Crippen LogP contribution in [0, 0.1) is 6.92 Å². The van der Waals surface area contributed by atoms with E-state index in [0.29, 0.717) is 48.9 Å². The van der Waals surface area contributed by atoms with Crippen molar-refractivity contribution in [3.8, 4) is 11.5 Å². The Morgan fingerprint density at radius 1 is 1.00 bits per heavy atom. The fourth-order valence-corrected chi connectivity index (χ4v) is 3.87. The Bertz CT molecular complexity index is 1040. The molecule has 7 heteroatoms. The monoisotopic (exact) mass is 452 g/mol. The molecule has 0 aliphatic carbocycles. The van der Waals surface area contributed by atoms with E-state index in [1.807, 2.05) is 58.0 Å². The SMILES string of the molecule is CCOc1ccc([C@@H]2C(=C(O)c3ccc(C)cc3)C(=O)C(=O)N2CCN(C)C)cc1OCC. The van der Waals surface area contributed by atoms with Gasteiger partial charge in [0.1, 0.15) is 5.76 Å². The summed E-state index contributed by atoms with van der Waals surface area (Å²) < 4.78 is 11.4. The summed E-state index contributed by atoms with van der Waals surface area (Å²) in [7, 11) is 3.81. The van der Waals surface area contributed by atoms with Gasteiger partial charge in [0.2, 0.25) is 0 Å². The second kappa shape index (κ2) is 10.5. The smallest absolute Gasteiger partial charge is 0.295 e. The Balaban J connectivity index is 2.17. The van der Waals surface area contributed by atoms with Gasteiger partial charge in [-0.25, -0.2) is 0 Å². The molecule has 2 aromatic carbocycles. The van der Waals surface area contributed by atoms with Gasteiger partial charge in [-0.3, -0.25) is 9.59 Å². The number of Topliss-reactive ketones (excluding diaryl/α,β-unsaturated/α-hetero) is 1. The van der Waals surface area contributed by atoms with Gasteiger partial charge in [0.15, 0.2) is 11.5 Å². The Hall–Kier alpha value is -3.32. The second-order valence-electron chi connectivity index (χ2n) is 8.23. The minimum absolute atomic E-state index is 0.0780. The van der Waals surface area contributed by atoms with Crippen molar-refractivity contribution in [2.24, 2.45) is 0 Å². The molecule has 1 amide bonds. The molecule has 3 rings (SSSR count). The number of aliphatic hydroxyl groups excluding tert-OH is 1. The molecule has 1 atom stereocenters. The molecule has 0 aromatic heterocycles. The first kappa shape index (κ1) is 24.3. The minimum atomic E-state index is -0.735. The number of likely N-dealkylation sites (N-methyl/N-ethyl adjacent to an activating group) is 1. The molecule has 0 saturated carbocycles. The number of hydrogen-bond acceptors (Lipinski definition) is 6. The maximum Gasteiger partial charge on any atom is 0.295 e. The van der Waals surface area contributed by atoms with Crippen LogP contribution in [0.15, 0.2) is 48.0 Å². The van der Waals surface area contributed by atoms with Gasteiger partial charge in [0.25, 0.3) is 11.7 Å². The van der Waals surface area contributed by atoms with Crippen molar-refractivity contribution in [1.82, 2.24) is 9.80 Å². The van der Waals surface area contributed by atoms with E-state index in [0.717, 1.165) is 5.56 Å². The van der Waals surface area contributed by atoms with Gasteiger partial charge in [-0.2, -0.15) is 0 Å². The van der Waals surface area contributed by atoms with Gasteiger partial charge < -0.3 is 24.4 Å².